The quantitative estimate of drug-likeness (QED) is 0.411. The van der Waals surface area contributed by atoms with Crippen molar-refractivity contribution in [2.45, 2.75) is 25.4 Å². The summed E-state index contributed by atoms with van der Waals surface area (Å²) < 4.78 is 27.5. The van der Waals surface area contributed by atoms with Crippen LogP contribution in [0.5, 0.6) is 0 Å². The van der Waals surface area contributed by atoms with Gasteiger partial charge in [-0.3, -0.25) is 0 Å². The van der Waals surface area contributed by atoms with Crippen molar-refractivity contribution in [1.29, 1.82) is 0 Å². The lowest BCUT2D eigenvalue weighted by molar-refractivity contribution is -0.341. The number of ether oxygens (including phenoxy) is 5. The number of hydrogen-bond acceptors (Lipinski definition) is 7. The standard InChI is InChI=1S/C28H30O7/c1-19-11-7-9-13-21(19)15-17-27(18-16-22-14-10-8-12-20(22)2)23(25(29)31-3)24(26(30)32-4)28(33-5,34-6)35-27/h7-18H,1-6H3/b17-15+,18-16+. The van der Waals surface area contributed by atoms with Crippen molar-refractivity contribution in [3.63, 3.8) is 0 Å². The SMILES string of the molecule is COC(=O)C1=C(C(=O)OC)C(OC)(OC)OC1(/C=C/c1ccccc1C)/C=C/c1ccccc1C. The molecular formula is C28H30O7. The maximum Gasteiger partial charge on any atom is 0.342 e. The summed E-state index contributed by atoms with van der Waals surface area (Å²) in [5.74, 6) is -3.64. The molecule has 0 bridgehead atoms. The average Bonchev–Trinajstić information content (AvgIpc) is 3.18. The van der Waals surface area contributed by atoms with Crippen molar-refractivity contribution in [3.05, 3.63) is 94.1 Å². The van der Waals surface area contributed by atoms with Gasteiger partial charge in [0.2, 0.25) is 0 Å². The minimum absolute atomic E-state index is 0.106. The van der Waals surface area contributed by atoms with Gasteiger partial charge in [0.25, 0.3) is 0 Å². The predicted molar refractivity (Wildman–Crippen MR) is 132 cm³/mol. The summed E-state index contributed by atoms with van der Waals surface area (Å²) in [5, 5.41) is 0. The number of esters is 2. The largest absolute Gasteiger partial charge is 0.466 e. The number of methoxy groups -OCH3 is 4. The highest BCUT2D eigenvalue weighted by Crippen LogP contribution is 2.47. The number of rotatable bonds is 8. The van der Waals surface area contributed by atoms with Crippen LogP contribution >= 0.6 is 0 Å². The zero-order chi connectivity index (χ0) is 25.6. The summed E-state index contributed by atoms with van der Waals surface area (Å²) >= 11 is 0. The number of benzene rings is 2. The van der Waals surface area contributed by atoms with Gasteiger partial charge in [0.15, 0.2) is 0 Å². The Morgan fingerprint density at radius 1 is 0.714 bits per heavy atom. The first kappa shape index (κ1) is 26.1. The van der Waals surface area contributed by atoms with Gasteiger partial charge in [0, 0.05) is 14.2 Å². The van der Waals surface area contributed by atoms with E-state index in [2.05, 4.69) is 0 Å². The van der Waals surface area contributed by atoms with Gasteiger partial charge >= 0.3 is 17.9 Å². The fourth-order valence-corrected chi connectivity index (χ4v) is 4.00. The first-order valence-electron chi connectivity index (χ1n) is 11.0. The monoisotopic (exact) mass is 478 g/mol. The Hall–Kier alpha value is -3.52. The molecule has 0 aromatic heterocycles. The third-order valence-corrected chi connectivity index (χ3v) is 5.96. The summed E-state index contributed by atoms with van der Waals surface area (Å²) in [6.45, 7) is 3.94. The molecule has 0 spiro atoms. The lowest BCUT2D eigenvalue weighted by Gasteiger charge is -2.31. The molecule has 1 heterocycles. The molecule has 7 heteroatoms. The Morgan fingerprint density at radius 3 is 1.54 bits per heavy atom. The Morgan fingerprint density at radius 2 is 1.14 bits per heavy atom. The molecule has 0 unspecified atom stereocenters. The summed E-state index contributed by atoms with van der Waals surface area (Å²) in [4.78, 5) is 26.1. The summed E-state index contributed by atoms with van der Waals surface area (Å²) in [6.07, 6.45) is 6.99. The molecule has 0 aliphatic carbocycles. The van der Waals surface area contributed by atoms with Crippen LogP contribution in [0.3, 0.4) is 0 Å². The Kier molecular flexibility index (Phi) is 8.07. The van der Waals surface area contributed by atoms with E-state index in [0.717, 1.165) is 22.3 Å². The highest BCUT2D eigenvalue weighted by molar-refractivity contribution is 6.05. The van der Waals surface area contributed by atoms with Crippen LogP contribution in [0.1, 0.15) is 22.3 Å². The number of aryl methyl sites for hydroxylation is 2. The maximum atomic E-state index is 13.2. The van der Waals surface area contributed by atoms with Crippen LogP contribution in [0, 0.1) is 13.8 Å². The third-order valence-electron chi connectivity index (χ3n) is 5.96. The fraction of sp³-hybridized carbons (Fsp3) is 0.286. The summed E-state index contributed by atoms with van der Waals surface area (Å²) in [6, 6.07) is 15.5. The van der Waals surface area contributed by atoms with E-state index >= 15 is 0 Å². The van der Waals surface area contributed by atoms with Crippen molar-refractivity contribution in [3.8, 4) is 0 Å². The van der Waals surface area contributed by atoms with Gasteiger partial charge in [0.1, 0.15) is 11.2 Å². The molecule has 1 aliphatic rings. The minimum Gasteiger partial charge on any atom is -0.466 e. The predicted octanol–water partition coefficient (Wildman–Crippen LogP) is 4.39. The van der Waals surface area contributed by atoms with Crippen LogP contribution in [0.25, 0.3) is 12.2 Å². The number of carbonyl (C=O) groups excluding carboxylic acids is 2. The van der Waals surface area contributed by atoms with E-state index in [-0.39, 0.29) is 11.1 Å². The van der Waals surface area contributed by atoms with Gasteiger partial charge in [-0.15, -0.1) is 0 Å². The molecule has 0 fully saturated rings. The highest BCUT2D eigenvalue weighted by Gasteiger charge is 2.60. The number of carbonyl (C=O) groups is 2. The lowest BCUT2D eigenvalue weighted by Crippen LogP contribution is -2.42. The van der Waals surface area contributed by atoms with Crippen LogP contribution in [-0.2, 0) is 33.3 Å². The molecule has 35 heavy (non-hydrogen) atoms. The van der Waals surface area contributed by atoms with Gasteiger partial charge < -0.3 is 23.7 Å². The van der Waals surface area contributed by atoms with E-state index in [4.69, 9.17) is 23.7 Å². The number of hydrogen-bond donors (Lipinski definition) is 0. The van der Waals surface area contributed by atoms with E-state index in [1.165, 1.54) is 28.4 Å². The normalized spacial score (nSPS) is 16.7. The second kappa shape index (κ2) is 10.8. The van der Waals surface area contributed by atoms with Gasteiger partial charge in [-0.2, -0.15) is 0 Å². The van der Waals surface area contributed by atoms with Crippen LogP contribution in [0.2, 0.25) is 0 Å². The first-order chi connectivity index (χ1) is 16.8. The maximum absolute atomic E-state index is 13.2. The van der Waals surface area contributed by atoms with Crippen molar-refractivity contribution in [2.24, 2.45) is 0 Å². The molecule has 0 saturated carbocycles. The topological polar surface area (TPSA) is 80.3 Å². The van der Waals surface area contributed by atoms with Crippen LogP contribution < -0.4 is 0 Å². The van der Waals surface area contributed by atoms with Crippen molar-refractivity contribution in [2.75, 3.05) is 28.4 Å². The Labute approximate surface area is 205 Å². The molecule has 0 amide bonds. The van der Waals surface area contributed by atoms with E-state index in [9.17, 15) is 9.59 Å². The molecule has 0 radical (unpaired) electrons. The zero-order valence-electron chi connectivity index (χ0n) is 20.8. The van der Waals surface area contributed by atoms with Crippen LogP contribution in [-0.4, -0.2) is 52.0 Å². The van der Waals surface area contributed by atoms with Crippen LogP contribution in [0.15, 0.2) is 71.8 Å². The molecule has 2 aromatic rings. The lowest BCUT2D eigenvalue weighted by atomic mass is 9.88. The molecule has 7 nitrogen and oxygen atoms in total. The van der Waals surface area contributed by atoms with Gasteiger partial charge in [0.05, 0.1) is 19.8 Å². The van der Waals surface area contributed by atoms with Crippen molar-refractivity contribution >= 4 is 24.1 Å². The zero-order valence-corrected chi connectivity index (χ0v) is 20.8. The van der Waals surface area contributed by atoms with E-state index < -0.39 is 23.5 Å². The summed E-state index contributed by atoms with van der Waals surface area (Å²) in [7, 11) is 5.05. The Balaban J connectivity index is 2.34. The van der Waals surface area contributed by atoms with Crippen LogP contribution in [0.4, 0.5) is 0 Å². The van der Waals surface area contributed by atoms with Crippen molar-refractivity contribution < 1.29 is 33.3 Å². The fourth-order valence-electron chi connectivity index (χ4n) is 4.00. The molecule has 0 atom stereocenters. The molecule has 1 aliphatic heterocycles. The average molecular weight is 479 g/mol. The second-order valence-corrected chi connectivity index (χ2v) is 7.97. The van der Waals surface area contributed by atoms with E-state index in [1.54, 1.807) is 12.2 Å². The molecule has 0 N–H and O–H groups in total. The first-order valence-corrected chi connectivity index (χ1v) is 11.0. The molecule has 0 saturated heterocycles. The summed E-state index contributed by atoms with van der Waals surface area (Å²) in [5.41, 5.74) is 1.90. The Bertz CT molecular complexity index is 1130. The van der Waals surface area contributed by atoms with E-state index in [0.29, 0.717) is 0 Å². The molecule has 3 rings (SSSR count). The molecular weight excluding hydrogens is 448 g/mol. The van der Waals surface area contributed by atoms with Gasteiger partial charge in [-0.1, -0.05) is 60.7 Å². The van der Waals surface area contributed by atoms with Gasteiger partial charge in [-0.05, 0) is 48.3 Å². The van der Waals surface area contributed by atoms with Gasteiger partial charge in [-0.25, -0.2) is 9.59 Å². The minimum atomic E-state index is -2.01. The van der Waals surface area contributed by atoms with Crippen molar-refractivity contribution in [1.82, 2.24) is 0 Å². The highest BCUT2D eigenvalue weighted by atomic mass is 16.9. The molecule has 2 aromatic carbocycles. The smallest absolute Gasteiger partial charge is 0.342 e. The third kappa shape index (κ3) is 4.98. The second-order valence-electron chi connectivity index (χ2n) is 7.97. The van der Waals surface area contributed by atoms with E-state index in [1.807, 2.05) is 74.5 Å². The molecule has 184 valence electrons.